The average Bonchev–Trinajstić information content (AvgIpc) is 2.61. The Balaban J connectivity index is 2.79. The van der Waals surface area contributed by atoms with Crippen molar-refractivity contribution < 1.29 is 14.7 Å². The summed E-state index contributed by atoms with van der Waals surface area (Å²) >= 11 is 0. The molecule has 1 saturated heterocycles. The topological polar surface area (TPSA) is 83.6 Å². The molecule has 1 amide bonds. The van der Waals surface area contributed by atoms with E-state index in [4.69, 9.17) is 5.73 Å². The summed E-state index contributed by atoms with van der Waals surface area (Å²) in [6, 6.07) is 0. The summed E-state index contributed by atoms with van der Waals surface area (Å²) in [5.41, 5.74) is 4.38. The minimum absolute atomic E-state index is 0.0900. The molecule has 0 aromatic heterocycles. The molecule has 0 bridgehead atoms. The Bertz CT molecular complexity index is 293. The van der Waals surface area contributed by atoms with E-state index in [9.17, 15) is 14.7 Å². The third kappa shape index (κ3) is 2.19. The number of likely N-dealkylation sites (tertiary alicyclic amines) is 1. The fraction of sp³-hybridized carbons (Fsp3) is 0.818. The molecule has 1 aliphatic rings. The summed E-state index contributed by atoms with van der Waals surface area (Å²) < 4.78 is 0. The number of carbonyl (C=O) groups is 2. The Morgan fingerprint density at radius 1 is 1.56 bits per heavy atom. The first-order valence-electron chi connectivity index (χ1n) is 5.68. The maximum atomic E-state index is 12.1. The van der Waals surface area contributed by atoms with E-state index >= 15 is 0 Å². The molecular formula is C11H20N2O3. The summed E-state index contributed by atoms with van der Waals surface area (Å²) in [6.45, 7) is 4.41. The number of nitrogens with two attached hydrogens (primary N) is 1. The second kappa shape index (κ2) is 4.82. The SMILES string of the molecule is CC(CCN)C(=O)N1CCCC1(C)C(=O)O. The van der Waals surface area contributed by atoms with Gasteiger partial charge in [0.15, 0.2) is 0 Å². The van der Waals surface area contributed by atoms with Crippen LogP contribution in [0.4, 0.5) is 0 Å². The van der Waals surface area contributed by atoms with Crippen molar-refractivity contribution in [2.45, 2.75) is 38.6 Å². The van der Waals surface area contributed by atoms with Gasteiger partial charge in [-0.1, -0.05) is 6.92 Å². The van der Waals surface area contributed by atoms with Crippen molar-refractivity contribution in [2.24, 2.45) is 11.7 Å². The van der Waals surface area contributed by atoms with Crippen LogP contribution in [0, 0.1) is 5.92 Å². The first-order valence-corrected chi connectivity index (χ1v) is 5.68. The number of rotatable bonds is 4. The quantitative estimate of drug-likeness (QED) is 0.731. The molecule has 2 atom stereocenters. The second-order valence-electron chi connectivity index (χ2n) is 4.65. The largest absolute Gasteiger partial charge is 0.480 e. The molecule has 1 heterocycles. The fourth-order valence-corrected chi connectivity index (χ4v) is 2.18. The number of carboxylic acids is 1. The molecule has 5 heteroatoms. The number of amides is 1. The number of aliphatic carboxylic acids is 1. The van der Waals surface area contributed by atoms with E-state index in [0.29, 0.717) is 25.9 Å². The zero-order valence-electron chi connectivity index (χ0n) is 9.90. The van der Waals surface area contributed by atoms with E-state index in [1.807, 2.05) is 0 Å². The molecule has 92 valence electrons. The second-order valence-corrected chi connectivity index (χ2v) is 4.65. The van der Waals surface area contributed by atoms with Gasteiger partial charge in [0.25, 0.3) is 0 Å². The third-order valence-corrected chi connectivity index (χ3v) is 3.39. The van der Waals surface area contributed by atoms with Gasteiger partial charge in [-0.15, -0.1) is 0 Å². The predicted octanol–water partition coefficient (Wildman–Crippen LogP) is 0.437. The van der Waals surface area contributed by atoms with Crippen LogP contribution in [0.1, 0.15) is 33.1 Å². The first-order chi connectivity index (χ1) is 7.43. The lowest BCUT2D eigenvalue weighted by Gasteiger charge is -2.33. The molecular weight excluding hydrogens is 208 g/mol. The monoisotopic (exact) mass is 228 g/mol. The number of carbonyl (C=O) groups excluding carboxylic acids is 1. The first kappa shape index (κ1) is 13.0. The van der Waals surface area contributed by atoms with Crippen LogP contribution in [-0.2, 0) is 9.59 Å². The Kier molecular flexibility index (Phi) is 3.91. The minimum Gasteiger partial charge on any atom is -0.480 e. The van der Waals surface area contributed by atoms with Gasteiger partial charge in [0.2, 0.25) is 5.91 Å². The van der Waals surface area contributed by atoms with Crippen molar-refractivity contribution >= 4 is 11.9 Å². The standard InChI is InChI=1S/C11H20N2O3/c1-8(4-6-12)9(14)13-7-3-5-11(13,2)10(15)16/h8H,3-7,12H2,1-2H3,(H,15,16). The summed E-state index contributed by atoms with van der Waals surface area (Å²) in [7, 11) is 0. The number of hydrogen-bond acceptors (Lipinski definition) is 3. The Labute approximate surface area is 95.6 Å². The molecule has 0 spiro atoms. The fourth-order valence-electron chi connectivity index (χ4n) is 2.18. The number of nitrogens with zero attached hydrogens (tertiary/aromatic N) is 1. The van der Waals surface area contributed by atoms with Crippen molar-refractivity contribution in [3.05, 3.63) is 0 Å². The summed E-state index contributed by atoms with van der Waals surface area (Å²) in [5, 5.41) is 9.18. The van der Waals surface area contributed by atoms with Crippen molar-refractivity contribution in [2.75, 3.05) is 13.1 Å². The van der Waals surface area contributed by atoms with Crippen LogP contribution in [0.2, 0.25) is 0 Å². The van der Waals surface area contributed by atoms with Gasteiger partial charge in [-0.05, 0) is 32.7 Å². The molecule has 1 rings (SSSR count). The number of hydrogen-bond donors (Lipinski definition) is 2. The van der Waals surface area contributed by atoms with Crippen molar-refractivity contribution in [3.63, 3.8) is 0 Å². The Morgan fingerprint density at radius 3 is 2.69 bits per heavy atom. The summed E-state index contributed by atoms with van der Waals surface area (Å²) in [5.74, 6) is -1.20. The van der Waals surface area contributed by atoms with Gasteiger partial charge in [-0.2, -0.15) is 0 Å². The zero-order chi connectivity index (χ0) is 12.3. The lowest BCUT2D eigenvalue weighted by atomic mass is 9.97. The highest BCUT2D eigenvalue weighted by atomic mass is 16.4. The summed E-state index contributed by atoms with van der Waals surface area (Å²) in [4.78, 5) is 24.8. The van der Waals surface area contributed by atoms with Crippen LogP contribution in [0.3, 0.4) is 0 Å². The van der Waals surface area contributed by atoms with Crippen LogP contribution in [0.15, 0.2) is 0 Å². The molecule has 0 aromatic carbocycles. The third-order valence-electron chi connectivity index (χ3n) is 3.39. The van der Waals surface area contributed by atoms with Crippen molar-refractivity contribution in [1.82, 2.24) is 4.90 Å². The van der Waals surface area contributed by atoms with Crippen molar-refractivity contribution in [3.8, 4) is 0 Å². The normalized spacial score (nSPS) is 26.8. The van der Waals surface area contributed by atoms with Gasteiger partial charge in [0.1, 0.15) is 5.54 Å². The van der Waals surface area contributed by atoms with Gasteiger partial charge in [0.05, 0.1) is 0 Å². The summed E-state index contributed by atoms with van der Waals surface area (Å²) in [6.07, 6.45) is 1.89. The van der Waals surface area contributed by atoms with Gasteiger partial charge in [-0.25, -0.2) is 4.79 Å². The van der Waals surface area contributed by atoms with E-state index in [2.05, 4.69) is 0 Å². The molecule has 5 nitrogen and oxygen atoms in total. The smallest absolute Gasteiger partial charge is 0.329 e. The highest BCUT2D eigenvalue weighted by molar-refractivity contribution is 5.88. The van der Waals surface area contributed by atoms with Crippen molar-refractivity contribution in [1.29, 1.82) is 0 Å². The van der Waals surface area contributed by atoms with Crippen LogP contribution >= 0.6 is 0 Å². The van der Waals surface area contributed by atoms with E-state index in [-0.39, 0.29) is 11.8 Å². The van der Waals surface area contributed by atoms with E-state index in [1.54, 1.807) is 13.8 Å². The molecule has 1 fully saturated rings. The maximum absolute atomic E-state index is 12.1. The molecule has 0 aliphatic carbocycles. The van der Waals surface area contributed by atoms with Gasteiger partial charge >= 0.3 is 5.97 Å². The predicted molar refractivity (Wildman–Crippen MR) is 59.8 cm³/mol. The van der Waals surface area contributed by atoms with E-state index in [0.717, 1.165) is 6.42 Å². The highest BCUT2D eigenvalue weighted by Gasteiger charge is 2.46. The highest BCUT2D eigenvalue weighted by Crippen LogP contribution is 2.30. The average molecular weight is 228 g/mol. The Hall–Kier alpha value is -1.10. The molecule has 1 aliphatic heterocycles. The number of carboxylic acid groups (broad SMARTS) is 1. The van der Waals surface area contributed by atoms with E-state index in [1.165, 1.54) is 4.90 Å². The lowest BCUT2D eigenvalue weighted by molar-refractivity contribution is -0.156. The molecule has 0 saturated carbocycles. The van der Waals surface area contributed by atoms with Gasteiger partial charge in [0, 0.05) is 12.5 Å². The molecule has 16 heavy (non-hydrogen) atoms. The molecule has 0 aromatic rings. The van der Waals surface area contributed by atoms with Crippen LogP contribution < -0.4 is 5.73 Å². The molecule has 0 radical (unpaired) electrons. The van der Waals surface area contributed by atoms with E-state index < -0.39 is 11.5 Å². The van der Waals surface area contributed by atoms with Crippen LogP contribution in [-0.4, -0.2) is 40.5 Å². The lowest BCUT2D eigenvalue weighted by Crippen LogP contribution is -2.52. The maximum Gasteiger partial charge on any atom is 0.329 e. The van der Waals surface area contributed by atoms with Crippen LogP contribution in [0.5, 0.6) is 0 Å². The van der Waals surface area contributed by atoms with Gasteiger partial charge in [-0.3, -0.25) is 4.79 Å². The molecule has 3 N–H and O–H groups in total. The van der Waals surface area contributed by atoms with Crippen LogP contribution in [0.25, 0.3) is 0 Å². The van der Waals surface area contributed by atoms with Gasteiger partial charge < -0.3 is 15.7 Å². The Morgan fingerprint density at radius 2 is 2.19 bits per heavy atom. The zero-order valence-corrected chi connectivity index (χ0v) is 9.90. The molecule has 2 unspecified atom stereocenters. The minimum atomic E-state index is -1.03.